The first-order valence-corrected chi connectivity index (χ1v) is 4.63. The molecule has 2 N–H and O–H groups in total. The molecule has 0 aliphatic rings. The number of ether oxygens (including phenoxy) is 1. The molecule has 0 bridgehead atoms. The Labute approximate surface area is 84.0 Å². The quantitative estimate of drug-likeness (QED) is 0.690. The molecule has 14 heavy (non-hydrogen) atoms. The highest BCUT2D eigenvalue weighted by atomic mass is 16.5. The molecule has 1 aromatic rings. The zero-order valence-electron chi connectivity index (χ0n) is 8.29. The maximum atomic E-state index is 8.93. The van der Waals surface area contributed by atoms with E-state index in [1.807, 2.05) is 13.0 Å². The van der Waals surface area contributed by atoms with E-state index < -0.39 is 0 Å². The maximum Gasteiger partial charge on any atom is 0.119 e. The highest BCUT2D eigenvalue weighted by Crippen LogP contribution is 2.16. The van der Waals surface area contributed by atoms with Crippen LogP contribution in [0.25, 0.3) is 0 Å². The van der Waals surface area contributed by atoms with E-state index in [9.17, 15) is 0 Å². The Bertz CT molecular complexity index is 284. The highest BCUT2D eigenvalue weighted by molar-refractivity contribution is 5.32. The molecule has 1 radical (unpaired) electrons. The third kappa shape index (κ3) is 3.36. The molecule has 3 heteroatoms. The van der Waals surface area contributed by atoms with E-state index in [1.54, 1.807) is 6.07 Å². The van der Waals surface area contributed by atoms with Crippen LogP contribution >= 0.6 is 0 Å². The van der Waals surface area contributed by atoms with E-state index in [1.165, 1.54) is 0 Å². The van der Waals surface area contributed by atoms with Gasteiger partial charge in [0.05, 0.1) is 13.2 Å². The lowest BCUT2D eigenvalue weighted by Gasteiger charge is -2.07. The number of hydrogen-bond donors (Lipinski definition) is 2. The van der Waals surface area contributed by atoms with Gasteiger partial charge in [-0.05, 0) is 36.2 Å². The van der Waals surface area contributed by atoms with Gasteiger partial charge in [-0.15, -0.1) is 0 Å². The summed E-state index contributed by atoms with van der Waals surface area (Å²) < 4.78 is 5.38. The van der Waals surface area contributed by atoms with E-state index in [2.05, 4.69) is 6.07 Å². The van der Waals surface area contributed by atoms with Crippen molar-refractivity contribution in [3.05, 3.63) is 29.3 Å². The lowest BCUT2D eigenvalue weighted by Crippen LogP contribution is -2.00. The second kappa shape index (κ2) is 5.62. The molecule has 1 aromatic carbocycles. The van der Waals surface area contributed by atoms with Crippen LogP contribution in [0.15, 0.2) is 12.1 Å². The predicted molar refractivity (Wildman–Crippen MR) is 53.1 cm³/mol. The largest absolute Gasteiger partial charge is 0.493 e. The SMILES string of the molecule is Cc1[c]c(CO)cc(OCCCO)c1. The van der Waals surface area contributed by atoms with Gasteiger partial charge in [0.1, 0.15) is 5.75 Å². The van der Waals surface area contributed by atoms with Crippen LogP contribution in [0.1, 0.15) is 17.5 Å². The lowest BCUT2D eigenvalue weighted by atomic mass is 10.1. The zero-order valence-corrected chi connectivity index (χ0v) is 8.29. The molecule has 77 valence electrons. The Morgan fingerprint density at radius 3 is 2.79 bits per heavy atom. The zero-order chi connectivity index (χ0) is 10.4. The fourth-order valence-electron chi connectivity index (χ4n) is 1.18. The molecule has 3 nitrogen and oxygen atoms in total. The fraction of sp³-hybridized carbons (Fsp3) is 0.455. The van der Waals surface area contributed by atoms with Gasteiger partial charge in [-0.1, -0.05) is 0 Å². The first-order chi connectivity index (χ1) is 6.76. The second-order valence-corrected chi connectivity index (χ2v) is 3.11. The van der Waals surface area contributed by atoms with Crippen molar-refractivity contribution in [3.63, 3.8) is 0 Å². The number of hydrogen-bond acceptors (Lipinski definition) is 3. The molecule has 0 amide bonds. The van der Waals surface area contributed by atoms with Crippen LogP contribution in [0.5, 0.6) is 5.75 Å². The molecule has 0 saturated carbocycles. The van der Waals surface area contributed by atoms with Crippen LogP contribution in [0.4, 0.5) is 0 Å². The molecule has 0 aliphatic heterocycles. The smallest absolute Gasteiger partial charge is 0.119 e. The number of aliphatic hydroxyl groups is 2. The van der Waals surface area contributed by atoms with Gasteiger partial charge in [0.2, 0.25) is 0 Å². The number of rotatable bonds is 5. The predicted octanol–water partition coefficient (Wildman–Crippen LogP) is 1.05. The third-order valence-corrected chi connectivity index (χ3v) is 1.77. The minimum atomic E-state index is -0.0297. The van der Waals surface area contributed by atoms with Crippen LogP contribution < -0.4 is 4.74 Å². The molecular weight excluding hydrogens is 180 g/mol. The summed E-state index contributed by atoms with van der Waals surface area (Å²) in [6.45, 7) is 2.49. The first-order valence-electron chi connectivity index (χ1n) is 4.63. The molecule has 0 heterocycles. The highest BCUT2D eigenvalue weighted by Gasteiger charge is 1.99. The van der Waals surface area contributed by atoms with E-state index in [4.69, 9.17) is 14.9 Å². The Kier molecular flexibility index (Phi) is 4.43. The first kappa shape index (κ1) is 11.0. The molecule has 1 rings (SSSR count). The number of aliphatic hydroxyl groups excluding tert-OH is 2. The summed E-state index contributed by atoms with van der Waals surface area (Å²) in [4.78, 5) is 0. The average molecular weight is 195 g/mol. The van der Waals surface area contributed by atoms with Gasteiger partial charge < -0.3 is 14.9 Å². The Balaban J connectivity index is 2.62. The Hall–Kier alpha value is -1.06. The molecular formula is C11H15O3. The normalized spacial score (nSPS) is 10.2. The monoisotopic (exact) mass is 195 g/mol. The molecule has 0 fully saturated rings. The second-order valence-electron chi connectivity index (χ2n) is 3.11. The van der Waals surface area contributed by atoms with Crippen LogP contribution in [0.2, 0.25) is 0 Å². The minimum Gasteiger partial charge on any atom is -0.493 e. The van der Waals surface area contributed by atoms with E-state index in [0.29, 0.717) is 13.0 Å². The van der Waals surface area contributed by atoms with Crippen LogP contribution in [-0.2, 0) is 6.61 Å². The molecule has 0 spiro atoms. The summed E-state index contributed by atoms with van der Waals surface area (Å²) >= 11 is 0. The third-order valence-electron chi connectivity index (χ3n) is 1.77. The van der Waals surface area contributed by atoms with Crippen molar-refractivity contribution in [2.24, 2.45) is 0 Å². The van der Waals surface area contributed by atoms with E-state index >= 15 is 0 Å². The average Bonchev–Trinajstić information content (AvgIpc) is 2.17. The molecule has 0 saturated heterocycles. The summed E-state index contributed by atoms with van der Waals surface area (Å²) in [6.07, 6.45) is 0.617. The fourth-order valence-corrected chi connectivity index (χ4v) is 1.18. The molecule has 0 atom stereocenters. The summed E-state index contributed by atoms with van der Waals surface area (Å²) in [7, 11) is 0. The van der Waals surface area contributed by atoms with E-state index in [0.717, 1.165) is 16.9 Å². The van der Waals surface area contributed by atoms with Gasteiger partial charge in [-0.3, -0.25) is 0 Å². The van der Waals surface area contributed by atoms with Gasteiger partial charge in [0.15, 0.2) is 0 Å². The lowest BCUT2D eigenvalue weighted by molar-refractivity contribution is 0.232. The van der Waals surface area contributed by atoms with E-state index in [-0.39, 0.29) is 13.2 Å². The summed E-state index contributed by atoms with van der Waals surface area (Å²) in [5.41, 5.74) is 1.67. The minimum absolute atomic E-state index is 0.0297. The van der Waals surface area contributed by atoms with Gasteiger partial charge in [-0.2, -0.15) is 0 Å². The number of benzene rings is 1. The summed E-state index contributed by atoms with van der Waals surface area (Å²) in [6, 6.07) is 6.62. The van der Waals surface area contributed by atoms with Crippen molar-refractivity contribution in [2.75, 3.05) is 13.2 Å². The van der Waals surface area contributed by atoms with Gasteiger partial charge >= 0.3 is 0 Å². The molecule has 0 aromatic heterocycles. The van der Waals surface area contributed by atoms with Crippen molar-refractivity contribution in [3.8, 4) is 5.75 Å². The van der Waals surface area contributed by atoms with Crippen LogP contribution in [-0.4, -0.2) is 23.4 Å². The number of aryl methyl sites for hydroxylation is 1. The summed E-state index contributed by atoms with van der Waals surface area (Å²) in [5.74, 6) is 0.721. The van der Waals surface area contributed by atoms with Gasteiger partial charge in [0.25, 0.3) is 0 Å². The Morgan fingerprint density at radius 2 is 2.14 bits per heavy atom. The molecule has 0 aliphatic carbocycles. The topological polar surface area (TPSA) is 49.7 Å². The van der Waals surface area contributed by atoms with Crippen LogP contribution in [0, 0.1) is 13.0 Å². The van der Waals surface area contributed by atoms with Gasteiger partial charge in [-0.25, -0.2) is 0 Å². The Morgan fingerprint density at radius 1 is 1.36 bits per heavy atom. The van der Waals surface area contributed by atoms with Crippen molar-refractivity contribution in [1.29, 1.82) is 0 Å². The van der Waals surface area contributed by atoms with Crippen molar-refractivity contribution >= 4 is 0 Å². The van der Waals surface area contributed by atoms with Crippen molar-refractivity contribution < 1.29 is 14.9 Å². The van der Waals surface area contributed by atoms with Gasteiger partial charge in [0, 0.05) is 13.0 Å². The van der Waals surface area contributed by atoms with Crippen LogP contribution in [0.3, 0.4) is 0 Å². The van der Waals surface area contributed by atoms with Crippen molar-refractivity contribution in [1.82, 2.24) is 0 Å². The molecule has 0 unspecified atom stereocenters. The summed E-state index contributed by atoms with van der Waals surface area (Å²) in [5, 5.41) is 17.5. The standard InChI is InChI=1S/C11H15O3/c1-9-5-10(8-13)7-11(6-9)14-4-2-3-12/h6-7,12-13H,2-4,8H2,1H3. The van der Waals surface area contributed by atoms with Crippen molar-refractivity contribution in [2.45, 2.75) is 20.0 Å². The maximum absolute atomic E-state index is 8.93.